The highest BCUT2D eigenvalue weighted by atomic mass is 127. The van der Waals surface area contributed by atoms with E-state index in [9.17, 15) is 13.2 Å². The minimum absolute atomic E-state index is 0.0720. The lowest BCUT2D eigenvalue weighted by Crippen LogP contribution is -2.14. The van der Waals surface area contributed by atoms with Crippen molar-refractivity contribution in [2.45, 2.75) is 11.8 Å². The van der Waals surface area contributed by atoms with Gasteiger partial charge in [0.05, 0.1) is 16.1 Å². The molecule has 2 rings (SSSR count). The number of carbonyl (C=O) groups is 1. The third kappa shape index (κ3) is 3.73. The molecule has 2 aromatic rings. The first kappa shape index (κ1) is 15.8. The molecule has 21 heavy (non-hydrogen) atoms. The molecule has 0 aromatic heterocycles. The minimum atomic E-state index is -3.82. The van der Waals surface area contributed by atoms with Gasteiger partial charge in [-0.25, -0.2) is 13.2 Å². The molecule has 2 aromatic carbocycles. The highest BCUT2D eigenvalue weighted by molar-refractivity contribution is 14.1. The molecule has 7 heteroatoms. The lowest BCUT2D eigenvalue weighted by molar-refractivity contribution is 0.0696. The van der Waals surface area contributed by atoms with Crippen LogP contribution in [0.25, 0.3) is 0 Å². The Morgan fingerprint density at radius 1 is 1.19 bits per heavy atom. The fourth-order valence-electron chi connectivity index (χ4n) is 1.74. The van der Waals surface area contributed by atoms with Crippen molar-refractivity contribution in [3.63, 3.8) is 0 Å². The summed E-state index contributed by atoms with van der Waals surface area (Å²) in [6, 6.07) is 10.6. The van der Waals surface area contributed by atoms with Crippen molar-refractivity contribution in [2.75, 3.05) is 4.72 Å². The van der Waals surface area contributed by atoms with E-state index in [2.05, 4.69) is 27.3 Å². The van der Waals surface area contributed by atoms with Gasteiger partial charge in [-0.15, -0.1) is 0 Å². The Morgan fingerprint density at radius 2 is 1.90 bits per heavy atom. The molecule has 0 unspecified atom stereocenters. The number of hydrogen-bond donors (Lipinski definition) is 2. The number of rotatable bonds is 4. The number of hydrogen-bond acceptors (Lipinski definition) is 3. The molecule has 0 aliphatic rings. The average molecular weight is 417 g/mol. The molecular formula is C14H12INO4S. The molecule has 0 saturated carbocycles. The highest BCUT2D eigenvalue weighted by Crippen LogP contribution is 2.22. The zero-order chi connectivity index (χ0) is 15.6. The molecule has 0 fully saturated rings. The van der Waals surface area contributed by atoms with Crippen molar-refractivity contribution < 1.29 is 18.3 Å². The molecular weight excluding hydrogens is 405 g/mol. The zero-order valence-corrected chi connectivity index (χ0v) is 14.0. The summed E-state index contributed by atoms with van der Waals surface area (Å²) in [4.78, 5) is 10.8. The first-order valence-electron chi connectivity index (χ1n) is 5.92. The average Bonchev–Trinajstić information content (AvgIpc) is 2.42. The van der Waals surface area contributed by atoms with Gasteiger partial charge in [0.25, 0.3) is 10.0 Å². The van der Waals surface area contributed by atoms with Crippen LogP contribution in [0, 0.1) is 10.5 Å². The normalized spacial score (nSPS) is 11.1. The highest BCUT2D eigenvalue weighted by Gasteiger charge is 2.17. The monoisotopic (exact) mass is 417 g/mol. The summed E-state index contributed by atoms with van der Waals surface area (Å²) in [6.45, 7) is 1.80. The molecule has 0 aliphatic carbocycles. The Bertz CT molecular complexity index is 802. The van der Waals surface area contributed by atoms with Crippen molar-refractivity contribution in [1.29, 1.82) is 0 Å². The van der Waals surface area contributed by atoms with Gasteiger partial charge in [0, 0.05) is 3.57 Å². The van der Waals surface area contributed by atoms with Gasteiger partial charge in [0.15, 0.2) is 0 Å². The van der Waals surface area contributed by atoms with Crippen molar-refractivity contribution in [2.24, 2.45) is 0 Å². The molecule has 2 N–H and O–H groups in total. The molecule has 0 aliphatic heterocycles. The number of carboxylic acid groups (broad SMARTS) is 1. The molecule has 0 heterocycles. The molecule has 0 amide bonds. The van der Waals surface area contributed by atoms with E-state index in [1.807, 2.05) is 6.07 Å². The number of nitrogens with one attached hydrogen (secondary N) is 1. The lowest BCUT2D eigenvalue weighted by Gasteiger charge is -2.11. The van der Waals surface area contributed by atoms with E-state index in [0.717, 1.165) is 15.2 Å². The van der Waals surface area contributed by atoms with Crippen LogP contribution in [0.4, 0.5) is 5.69 Å². The molecule has 0 radical (unpaired) electrons. The van der Waals surface area contributed by atoms with E-state index in [-0.39, 0.29) is 10.5 Å². The van der Waals surface area contributed by atoms with Gasteiger partial charge in [-0.1, -0.05) is 6.07 Å². The van der Waals surface area contributed by atoms with Crippen molar-refractivity contribution in [1.82, 2.24) is 0 Å². The number of benzene rings is 2. The number of sulfonamides is 1. The largest absolute Gasteiger partial charge is 0.478 e. The van der Waals surface area contributed by atoms with Crippen molar-refractivity contribution in [3.05, 3.63) is 57.2 Å². The fraction of sp³-hybridized carbons (Fsp3) is 0.0714. The number of carboxylic acids is 1. The van der Waals surface area contributed by atoms with Gasteiger partial charge in [0.2, 0.25) is 0 Å². The van der Waals surface area contributed by atoms with Crippen LogP contribution in [0.15, 0.2) is 47.4 Å². The van der Waals surface area contributed by atoms with Crippen molar-refractivity contribution >= 4 is 44.3 Å². The van der Waals surface area contributed by atoms with Crippen molar-refractivity contribution in [3.8, 4) is 0 Å². The summed E-state index contributed by atoms with van der Waals surface area (Å²) < 4.78 is 28.1. The van der Waals surface area contributed by atoms with E-state index < -0.39 is 16.0 Å². The second-order valence-corrected chi connectivity index (χ2v) is 7.33. The Morgan fingerprint density at radius 3 is 2.52 bits per heavy atom. The molecule has 0 saturated heterocycles. The van der Waals surface area contributed by atoms with E-state index in [1.165, 1.54) is 18.2 Å². The Kier molecular flexibility index (Phi) is 4.52. The number of aryl methyl sites for hydroxylation is 1. The first-order chi connectivity index (χ1) is 9.79. The van der Waals surface area contributed by atoms with Crippen LogP contribution < -0.4 is 4.72 Å². The minimum Gasteiger partial charge on any atom is -0.478 e. The fourth-order valence-corrected chi connectivity index (χ4v) is 3.56. The van der Waals surface area contributed by atoms with Crippen LogP contribution in [-0.2, 0) is 10.0 Å². The number of aromatic carboxylic acids is 1. The quantitative estimate of drug-likeness (QED) is 0.750. The molecule has 0 bridgehead atoms. The van der Waals surface area contributed by atoms with Gasteiger partial charge < -0.3 is 5.11 Å². The summed E-state index contributed by atoms with van der Waals surface area (Å²) in [5.74, 6) is -1.17. The van der Waals surface area contributed by atoms with Crippen LogP contribution in [-0.4, -0.2) is 19.5 Å². The van der Waals surface area contributed by atoms with Gasteiger partial charge >= 0.3 is 5.97 Å². The topological polar surface area (TPSA) is 83.5 Å². The second-order valence-electron chi connectivity index (χ2n) is 4.40. The van der Waals surface area contributed by atoms with E-state index >= 15 is 0 Å². The standard InChI is InChI=1S/C14H12INO4S/c1-9-7-11(15)5-6-13(9)16-21(19,20)12-4-2-3-10(8-12)14(17)18/h2-8,16H,1H3,(H,17,18). The van der Waals surface area contributed by atoms with E-state index in [0.29, 0.717) is 5.69 Å². The van der Waals surface area contributed by atoms with E-state index in [1.54, 1.807) is 19.1 Å². The van der Waals surface area contributed by atoms with Gasteiger partial charge in [-0.3, -0.25) is 4.72 Å². The molecule has 0 atom stereocenters. The van der Waals surface area contributed by atoms with Crippen LogP contribution in [0.5, 0.6) is 0 Å². The summed E-state index contributed by atoms with van der Waals surface area (Å²) in [5, 5.41) is 8.92. The molecule has 0 spiro atoms. The van der Waals surface area contributed by atoms with E-state index in [4.69, 9.17) is 5.11 Å². The van der Waals surface area contributed by atoms with Crippen LogP contribution >= 0.6 is 22.6 Å². The maximum Gasteiger partial charge on any atom is 0.335 e. The van der Waals surface area contributed by atoms with Gasteiger partial charge in [0.1, 0.15) is 0 Å². The summed E-state index contributed by atoms with van der Waals surface area (Å²) in [6.07, 6.45) is 0. The molecule has 110 valence electrons. The Balaban J connectivity index is 2.38. The Hall–Kier alpha value is -1.61. The smallest absolute Gasteiger partial charge is 0.335 e. The zero-order valence-electron chi connectivity index (χ0n) is 11.0. The predicted octanol–water partition coefficient (Wildman–Crippen LogP) is 3.10. The summed E-state index contributed by atoms with van der Waals surface area (Å²) >= 11 is 2.14. The number of anilines is 1. The third-order valence-corrected chi connectivity index (χ3v) is 4.86. The second kappa shape index (κ2) is 6.02. The summed E-state index contributed by atoms with van der Waals surface area (Å²) in [7, 11) is -3.82. The van der Waals surface area contributed by atoms with Crippen LogP contribution in [0.1, 0.15) is 15.9 Å². The third-order valence-electron chi connectivity index (χ3n) is 2.82. The van der Waals surface area contributed by atoms with Gasteiger partial charge in [-0.05, 0) is 71.5 Å². The van der Waals surface area contributed by atoms with Gasteiger partial charge in [-0.2, -0.15) is 0 Å². The lowest BCUT2D eigenvalue weighted by atomic mass is 10.2. The summed E-state index contributed by atoms with van der Waals surface area (Å²) in [5.41, 5.74) is 1.19. The SMILES string of the molecule is Cc1cc(I)ccc1NS(=O)(=O)c1cccc(C(=O)O)c1. The van der Waals surface area contributed by atoms with Crippen LogP contribution in [0.2, 0.25) is 0 Å². The maximum atomic E-state index is 12.3. The predicted molar refractivity (Wildman–Crippen MR) is 88.1 cm³/mol. The number of halogens is 1. The maximum absolute atomic E-state index is 12.3. The molecule has 5 nitrogen and oxygen atoms in total. The van der Waals surface area contributed by atoms with Crippen LogP contribution in [0.3, 0.4) is 0 Å². The Labute approximate surface area is 136 Å². The first-order valence-corrected chi connectivity index (χ1v) is 8.48.